The van der Waals surface area contributed by atoms with Crippen LogP contribution in [0.2, 0.25) is 0 Å². The van der Waals surface area contributed by atoms with E-state index in [0.717, 1.165) is 24.0 Å². The first-order valence-electron chi connectivity index (χ1n) is 12.2. The Kier molecular flexibility index (Phi) is 19.5. The number of halogens is 7. The zero-order valence-electron chi connectivity index (χ0n) is 22.8. The minimum Gasteiger partial charge on any atom is -0.504 e. The number of phenolic OH excluding ortho intramolecular Hbond substituents is 1. The van der Waals surface area contributed by atoms with E-state index in [9.17, 15) is 13.9 Å². The average Bonchev–Trinajstić information content (AvgIpc) is 2.95. The molecule has 0 saturated carbocycles. The molecule has 0 aliphatic rings. The summed E-state index contributed by atoms with van der Waals surface area (Å²) in [5, 5.41) is 9.90. The highest BCUT2D eigenvalue weighted by Gasteiger charge is 2.08. The summed E-state index contributed by atoms with van der Waals surface area (Å²) in [4.78, 5) is 7.19. The van der Waals surface area contributed by atoms with Gasteiger partial charge in [0.15, 0.2) is 23.0 Å². The quantitative estimate of drug-likeness (QED) is 0.114. The number of rotatable bonds is 7. The van der Waals surface area contributed by atoms with Crippen molar-refractivity contribution in [3.05, 3.63) is 95.8 Å². The maximum absolute atomic E-state index is 12.9. The summed E-state index contributed by atoms with van der Waals surface area (Å²) in [5.41, 5.74) is 2.15. The number of benzene rings is 2. The van der Waals surface area contributed by atoms with Crippen molar-refractivity contribution in [2.24, 2.45) is 0 Å². The molecular weight excluding hydrogens is 788 g/mol. The van der Waals surface area contributed by atoms with Crippen molar-refractivity contribution in [2.45, 2.75) is 26.7 Å². The summed E-state index contributed by atoms with van der Waals surface area (Å²) in [6.45, 7) is 4.05. The molecule has 4 aromatic rings. The molecule has 2 heterocycles. The lowest BCUT2D eigenvalue weighted by Crippen LogP contribution is -1.94. The highest BCUT2D eigenvalue weighted by molar-refractivity contribution is 9.69. The smallest absolute Gasteiger partial charge is 0.369 e. The van der Waals surface area contributed by atoms with E-state index >= 15 is 0 Å². The number of pyridine rings is 2. The van der Waals surface area contributed by atoms with Gasteiger partial charge in [-0.2, -0.15) is 18.7 Å². The summed E-state index contributed by atoms with van der Waals surface area (Å²) in [6.07, 6.45) is 1.74. The van der Waals surface area contributed by atoms with E-state index in [2.05, 4.69) is 64.2 Å². The monoisotopic (exact) mass is 812 g/mol. The van der Waals surface area contributed by atoms with E-state index in [-0.39, 0.29) is 31.8 Å². The van der Waals surface area contributed by atoms with Gasteiger partial charge in [-0.1, -0.05) is 38.1 Å². The maximum atomic E-state index is 12.9. The fourth-order valence-corrected chi connectivity index (χ4v) is 3.00. The molecule has 0 spiro atoms. The first kappa shape index (κ1) is 37.9. The molecule has 0 unspecified atom stereocenters. The Morgan fingerprint density at radius 2 is 1.17 bits per heavy atom. The van der Waals surface area contributed by atoms with Crippen LogP contribution >= 0.6 is 70.5 Å². The third-order valence-electron chi connectivity index (χ3n) is 4.88. The molecule has 0 fully saturated rings. The Hall–Kier alpha value is -2.12. The van der Waals surface area contributed by atoms with Crippen LogP contribution in [0.5, 0.6) is 34.8 Å². The number of aromatic nitrogens is 2. The predicted molar refractivity (Wildman–Crippen MR) is 178 cm³/mol. The van der Waals surface area contributed by atoms with Gasteiger partial charge >= 0.3 is 3.18 Å². The first-order valence-corrected chi connectivity index (χ1v) is 16.0. The van der Waals surface area contributed by atoms with Gasteiger partial charge in [0, 0.05) is 12.1 Å². The van der Waals surface area contributed by atoms with Crippen molar-refractivity contribution in [2.75, 3.05) is 12.4 Å². The van der Waals surface area contributed by atoms with Gasteiger partial charge in [0.2, 0.25) is 23.7 Å². The van der Waals surface area contributed by atoms with E-state index in [1.165, 1.54) is 24.3 Å². The molecule has 0 aliphatic carbocycles. The van der Waals surface area contributed by atoms with Gasteiger partial charge < -0.3 is 19.3 Å². The number of aromatic hydroxyl groups is 1. The van der Waals surface area contributed by atoms with E-state index in [0.29, 0.717) is 11.5 Å². The molecule has 0 radical (unpaired) electrons. The first-order chi connectivity index (χ1) is 20.1. The zero-order chi connectivity index (χ0) is 31.5. The minimum atomic E-state index is -0.618. The van der Waals surface area contributed by atoms with Crippen LogP contribution in [0.1, 0.15) is 25.0 Å². The van der Waals surface area contributed by atoms with Gasteiger partial charge in [0.05, 0.1) is 12.4 Å². The Bertz CT molecular complexity index is 1360. The van der Waals surface area contributed by atoms with Crippen LogP contribution in [-0.4, -0.2) is 30.7 Å². The van der Waals surface area contributed by atoms with E-state index in [1.807, 2.05) is 25.1 Å². The molecule has 0 bridgehead atoms. The second-order valence-corrected chi connectivity index (χ2v) is 14.9. The lowest BCUT2D eigenvalue weighted by atomic mass is 10.1. The van der Waals surface area contributed by atoms with Gasteiger partial charge in [-0.25, -0.2) is 0 Å². The molecule has 0 amide bonds. The lowest BCUT2D eigenvalue weighted by Gasteiger charge is -2.10. The number of hydrogen-bond donors (Lipinski definition) is 1. The molecular formula is C28H28BBr3Cl2F2N2O4. The Morgan fingerprint density at radius 3 is 1.57 bits per heavy atom. The summed E-state index contributed by atoms with van der Waals surface area (Å²) in [5.74, 6) is 0.551. The Balaban J connectivity index is 0.000000345. The third kappa shape index (κ3) is 15.4. The van der Waals surface area contributed by atoms with Crippen molar-refractivity contribution in [3.63, 3.8) is 0 Å². The molecule has 6 nitrogen and oxygen atoms in total. The molecule has 4 rings (SSSR count). The van der Waals surface area contributed by atoms with Crippen LogP contribution in [0, 0.1) is 11.9 Å². The van der Waals surface area contributed by atoms with Gasteiger partial charge in [-0.15, -0.1) is 70.5 Å². The van der Waals surface area contributed by atoms with Gasteiger partial charge in [-0.3, -0.25) is 0 Å². The molecule has 0 aliphatic heterocycles. The molecule has 2 aromatic carbocycles. The SMILES string of the molecule is BrB(Br)Br.CCc1ccc(Oc2cccc(F)n2)c(O)c1.CCc1ccc(Oc2cccc(F)n2)c(OC)c1.ClCCl. The van der Waals surface area contributed by atoms with Crippen molar-refractivity contribution in [3.8, 4) is 34.8 Å². The number of methoxy groups -OCH3 is 1. The van der Waals surface area contributed by atoms with Crippen LogP contribution in [0.15, 0.2) is 72.8 Å². The van der Waals surface area contributed by atoms with Crippen LogP contribution in [0.3, 0.4) is 0 Å². The molecule has 2 aromatic heterocycles. The molecule has 42 heavy (non-hydrogen) atoms. The summed E-state index contributed by atoms with van der Waals surface area (Å²) >= 11 is 18.8. The summed E-state index contributed by atoms with van der Waals surface area (Å²) in [7, 11) is 1.57. The van der Waals surface area contributed by atoms with Crippen molar-refractivity contribution in [1.29, 1.82) is 0 Å². The molecule has 0 saturated heterocycles. The number of phenols is 1. The Labute approximate surface area is 279 Å². The van der Waals surface area contributed by atoms with Crippen LogP contribution in [-0.2, 0) is 12.8 Å². The normalized spacial score (nSPS) is 9.57. The maximum Gasteiger partial charge on any atom is 0.369 e. The highest BCUT2D eigenvalue weighted by atomic mass is 79.9. The number of ether oxygens (including phenoxy) is 3. The van der Waals surface area contributed by atoms with Crippen LogP contribution in [0.25, 0.3) is 0 Å². The lowest BCUT2D eigenvalue weighted by molar-refractivity contribution is 0.370. The standard InChI is InChI=1S/C14H14FNO2.C13H12FNO2.CH2Cl2.BBr3/c1-3-10-7-8-11(12(9-10)17-2)18-14-6-4-5-13(15)16-14;1-2-9-6-7-11(10(16)8-9)17-13-5-3-4-12(14)15-13;2-1-3;2-1(3)4/h4-9H,3H2,1-2H3;3-8,16H,2H2,1H3;1H2;. The number of aryl methyl sites for hydroxylation is 2. The summed E-state index contributed by atoms with van der Waals surface area (Å²) < 4.78 is 42.1. The van der Waals surface area contributed by atoms with Crippen molar-refractivity contribution in [1.82, 2.24) is 9.97 Å². The molecule has 0 atom stereocenters. The molecule has 226 valence electrons. The highest BCUT2D eigenvalue weighted by Crippen LogP contribution is 2.32. The molecule has 1 N–H and O–H groups in total. The largest absolute Gasteiger partial charge is 0.504 e. The predicted octanol–water partition coefficient (Wildman–Crippen LogP) is 10.4. The van der Waals surface area contributed by atoms with E-state index in [4.69, 9.17) is 37.4 Å². The second kappa shape index (κ2) is 21.6. The second-order valence-electron chi connectivity index (χ2n) is 7.64. The fourth-order valence-electron chi connectivity index (χ4n) is 3.00. The van der Waals surface area contributed by atoms with Crippen molar-refractivity contribution < 1.29 is 28.1 Å². The van der Waals surface area contributed by atoms with Crippen LogP contribution in [0.4, 0.5) is 8.78 Å². The number of nitrogens with zero attached hydrogens (tertiary/aromatic N) is 2. The molecule has 14 heteroatoms. The van der Waals surface area contributed by atoms with E-state index in [1.54, 1.807) is 37.4 Å². The Morgan fingerprint density at radius 1 is 0.738 bits per heavy atom. The third-order valence-corrected chi connectivity index (χ3v) is 4.88. The topological polar surface area (TPSA) is 73.7 Å². The van der Waals surface area contributed by atoms with Gasteiger partial charge in [-0.05, 0) is 60.4 Å². The van der Waals surface area contributed by atoms with Crippen molar-refractivity contribution >= 4 is 73.7 Å². The van der Waals surface area contributed by atoms with Gasteiger partial charge in [0.25, 0.3) is 0 Å². The zero-order valence-corrected chi connectivity index (χ0v) is 29.1. The minimum absolute atomic E-state index is 0.0235. The van der Waals surface area contributed by atoms with Crippen LogP contribution < -0.4 is 14.2 Å². The number of hydrogen-bond acceptors (Lipinski definition) is 6. The van der Waals surface area contributed by atoms with E-state index < -0.39 is 11.9 Å². The average molecular weight is 816 g/mol. The van der Waals surface area contributed by atoms with Gasteiger partial charge in [0.1, 0.15) is 0 Å². The number of alkyl halides is 2. The summed E-state index contributed by atoms with van der Waals surface area (Å²) in [6, 6.07) is 19.4. The fraction of sp³-hybridized carbons (Fsp3) is 0.214.